The number of carbonyl (C=O) groups excluding carboxylic acids is 1. The van der Waals surface area contributed by atoms with Crippen molar-refractivity contribution in [1.82, 2.24) is 35.0 Å². The molecule has 0 saturated carbocycles. The van der Waals surface area contributed by atoms with E-state index < -0.39 is 0 Å². The van der Waals surface area contributed by atoms with Gasteiger partial charge in [-0.25, -0.2) is 19.6 Å². The Bertz CT molecular complexity index is 1020. The number of aromatic amines is 1. The molecule has 0 radical (unpaired) electrons. The van der Waals surface area contributed by atoms with Crippen LogP contribution >= 0.6 is 11.6 Å². The molecule has 0 aliphatic rings. The number of imidazole rings is 1. The highest BCUT2D eigenvalue weighted by atomic mass is 35.5. The minimum absolute atomic E-state index is 0.240. The van der Waals surface area contributed by atoms with Crippen LogP contribution in [0, 0.1) is 0 Å². The number of nitrogens with zero attached hydrogens (tertiary/aromatic N) is 5. The first kappa shape index (κ1) is 15.3. The maximum atomic E-state index is 12.2. The van der Waals surface area contributed by atoms with Gasteiger partial charge in [-0.2, -0.15) is 5.10 Å². The second-order valence-corrected chi connectivity index (χ2v) is 5.71. The van der Waals surface area contributed by atoms with Gasteiger partial charge in [0, 0.05) is 11.2 Å². The number of rotatable bonds is 4. The molecule has 1 amide bonds. The molecular weight excluding hydrogens is 342 g/mol. The molecule has 0 aliphatic heterocycles. The average Bonchev–Trinajstić information content (AvgIpc) is 3.29. The fraction of sp³-hybridized carbons (Fsp3) is 0.0625. The van der Waals surface area contributed by atoms with Crippen LogP contribution in [0.1, 0.15) is 16.2 Å². The lowest BCUT2D eigenvalue weighted by atomic mass is 10.2. The fourth-order valence-electron chi connectivity index (χ4n) is 2.37. The van der Waals surface area contributed by atoms with Gasteiger partial charge < -0.3 is 10.3 Å². The maximum absolute atomic E-state index is 12.2. The predicted molar refractivity (Wildman–Crippen MR) is 91.4 cm³/mol. The number of aromatic nitrogens is 6. The van der Waals surface area contributed by atoms with Gasteiger partial charge in [0.1, 0.15) is 18.5 Å². The van der Waals surface area contributed by atoms with E-state index >= 15 is 0 Å². The van der Waals surface area contributed by atoms with Crippen LogP contribution in [0.25, 0.3) is 16.9 Å². The lowest BCUT2D eigenvalue weighted by molar-refractivity contribution is 0.0949. The van der Waals surface area contributed by atoms with Crippen molar-refractivity contribution in [2.24, 2.45) is 0 Å². The van der Waals surface area contributed by atoms with Crippen LogP contribution in [0.15, 0.2) is 49.2 Å². The second-order valence-electron chi connectivity index (χ2n) is 5.27. The number of hydrogen-bond acceptors (Lipinski definition) is 5. The molecule has 0 unspecified atom stereocenters. The summed E-state index contributed by atoms with van der Waals surface area (Å²) in [5.74, 6) is 0.997. The molecule has 0 aliphatic carbocycles. The quantitative estimate of drug-likeness (QED) is 0.585. The van der Waals surface area contributed by atoms with Gasteiger partial charge in [-0.05, 0) is 30.3 Å². The molecule has 0 fully saturated rings. The van der Waals surface area contributed by atoms with Gasteiger partial charge in [-0.3, -0.25) is 4.79 Å². The van der Waals surface area contributed by atoms with Crippen LogP contribution in [-0.2, 0) is 6.54 Å². The number of pyridine rings is 1. The molecule has 0 atom stereocenters. The van der Waals surface area contributed by atoms with Gasteiger partial charge in [0.15, 0.2) is 5.82 Å². The first-order chi connectivity index (χ1) is 12.2. The van der Waals surface area contributed by atoms with Crippen molar-refractivity contribution >= 4 is 28.5 Å². The van der Waals surface area contributed by atoms with Crippen LogP contribution < -0.4 is 5.32 Å². The standard InChI is InChI=1S/C16H12ClN7O/c17-11-2-3-12-13(5-11)23-14(22-12)7-20-16(25)10-1-4-15(19-6-10)24-9-18-8-21-24/h1-6,8-9H,7H2,(H,20,25)(H,22,23). The second kappa shape index (κ2) is 6.33. The monoisotopic (exact) mass is 353 g/mol. The van der Waals surface area contributed by atoms with Crippen LogP contribution in [0.3, 0.4) is 0 Å². The Morgan fingerprint density at radius 1 is 1.28 bits per heavy atom. The van der Waals surface area contributed by atoms with Crippen molar-refractivity contribution < 1.29 is 4.79 Å². The molecule has 3 heterocycles. The van der Waals surface area contributed by atoms with E-state index in [2.05, 4.69) is 30.4 Å². The number of H-pyrrole nitrogens is 1. The van der Waals surface area contributed by atoms with Gasteiger partial charge in [0.2, 0.25) is 0 Å². The molecule has 9 heteroatoms. The SMILES string of the molecule is O=C(NCc1nc2ccc(Cl)cc2[nH]1)c1ccc(-n2cncn2)nc1. The molecule has 4 aromatic rings. The van der Waals surface area contributed by atoms with Crippen molar-refractivity contribution in [2.75, 3.05) is 0 Å². The van der Waals surface area contributed by atoms with Gasteiger partial charge in [0.05, 0.1) is 23.1 Å². The highest BCUT2D eigenvalue weighted by molar-refractivity contribution is 6.31. The molecule has 0 saturated heterocycles. The molecule has 1 aromatic carbocycles. The molecule has 0 bridgehead atoms. The smallest absolute Gasteiger partial charge is 0.253 e. The van der Waals surface area contributed by atoms with Crippen molar-refractivity contribution in [1.29, 1.82) is 0 Å². The van der Waals surface area contributed by atoms with Crippen molar-refractivity contribution in [3.8, 4) is 5.82 Å². The Hall–Kier alpha value is -3.26. The van der Waals surface area contributed by atoms with Crippen LogP contribution in [-0.4, -0.2) is 35.6 Å². The molecule has 2 N–H and O–H groups in total. The number of amides is 1. The minimum atomic E-state index is -0.240. The van der Waals surface area contributed by atoms with Crippen LogP contribution in [0.2, 0.25) is 5.02 Å². The predicted octanol–water partition coefficient (Wildman–Crippen LogP) is 2.12. The van der Waals surface area contributed by atoms with Gasteiger partial charge >= 0.3 is 0 Å². The van der Waals surface area contributed by atoms with E-state index in [0.717, 1.165) is 11.0 Å². The van der Waals surface area contributed by atoms with Crippen LogP contribution in [0.4, 0.5) is 0 Å². The lowest BCUT2D eigenvalue weighted by Crippen LogP contribution is -2.23. The first-order valence-corrected chi connectivity index (χ1v) is 7.80. The third-order valence-corrected chi connectivity index (χ3v) is 3.81. The van der Waals surface area contributed by atoms with E-state index in [1.807, 2.05) is 6.07 Å². The van der Waals surface area contributed by atoms with E-state index in [1.165, 1.54) is 23.5 Å². The summed E-state index contributed by atoms with van der Waals surface area (Å²) in [5.41, 5.74) is 2.08. The minimum Gasteiger partial charge on any atom is -0.345 e. The van der Waals surface area contributed by atoms with Crippen molar-refractivity contribution in [3.05, 3.63) is 65.6 Å². The number of nitrogens with one attached hydrogen (secondary N) is 2. The Morgan fingerprint density at radius 3 is 2.96 bits per heavy atom. The summed E-state index contributed by atoms with van der Waals surface area (Å²) in [6, 6.07) is 8.77. The highest BCUT2D eigenvalue weighted by Gasteiger charge is 2.09. The van der Waals surface area contributed by atoms with Gasteiger partial charge in [0.25, 0.3) is 5.91 Å². The Morgan fingerprint density at radius 2 is 2.20 bits per heavy atom. The summed E-state index contributed by atoms with van der Waals surface area (Å²) in [4.78, 5) is 27.8. The van der Waals surface area contributed by atoms with E-state index in [9.17, 15) is 4.79 Å². The average molecular weight is 354 g/mol. The molecule has 25 heavy (non-hydrogen) atoms. The molecule has 4 rings (SSSR count). The zero-order chi connectivity index (χ0) is 17.2. The molecule has 124 valence electrons. The lowest BCUT2D eigenvalue weighted by Gasteiger charge is -2.04. The van der Waals surface area contributed by atoms with Gasteiger partial charge in [-0.1, -0.05) is 11.6 Å². The maximum Gasteiger partial charge on any atom is 0.253 e. The fourth-order valence-corrected chi connectivity index (χ4v) is 2.54. The Kier molecular flexibility index (Phi) is 3.87. The summed E-state index contributed by atoms with van der Waals surface area (Å²) in [6.45, 7) is 0.274. The van der Waals surface area contributed by atoms with E-state index in [0.29, 0.717) is 22.2 Å². The Balaban J connectivity index is 1.44. The molecular formula is C16H12ClN7O. The third kappa shape index (κ3) is 3.20. The number of halogens is 1. The van der Waals surface area contributed by atoms with Crippen molar-refractivity contribution in [3.63, 3.8) is 0 Å². The Labute approximate surface area is 146 Å². The summed E-state index contributed by atoms with van der Waals surface area (Å²) in [7, 11) is 0. The number of fused-ring (bicyclic) bond motifs is 1. The van der Waals surface area contributed by atoms with Gasteiger partial charge in [-0.15, -0.1) is 0 Å². The van der Waals surface area contributed by atoms with E-state index in [1.54, 1.807) is 24.3 Å². The zero-order valence-corrected chi connectivity index (χ0v) is 13.6. The summed E-state index contributed by atoms with van der Waals surface area (Å²) >= 11 is 5.95. The summed E-state index contributed by atoms with van der Waals surface area (Å²) in [5, 5.41) is 7.42. The number of benzene rings is 1. The normalized spacial score (nSPS) is 10.9. The number of hydrogen-bond donors (Lipinski definition) is 2. The summed E-state index contributed by atoms with van der Waals surface area (Å²) < 4.78 is 1.52. The van der Waals surface area contributed by atoms with Crippen LogP contribution in [0.5, 0.6) is 0 Å². The third-order valence-electron chi connectivity index (χ3n) is 3.57. The zero-order valence-electron chi connectivity index (χ0n) is 12.8. The highest BCUT2D eigenvalue weighted by Crippen LogP contribution is 2.17. The van der Waals surface area contributed by atoms with E-state index in [4.69, 9.17) is 11.6 Å². The van der Waals surface area contributed by atoms with Crippen molar-refractivity contribution in [2.45, 2.75) is 6.54 Å². The largest absolute Gasteiger partial charge is 0.345 e. The molecule has 3 aromatic heterocycles. The molecule has 0 spiro atoms. The van der Waals surface area contributed by atoms with E-state index in [-0.39, 0.29) is 12.5 Å². The topological polar surface area (TPSA) is 101 Å². The first-order valence-electron chi connectivity index (χ1n) is 7.42. The molecule has 8 nitrogen and oxygen atoms in total. The summed E-state index contributed by atoms with van der Waals surface area (Å²) in [6.07, 6.45) is 4.45. The number of carbonyl (C=O) groups is 1.